The minimum Gasteiger partial charge on any atom is -0.387 e. The topological polar surface area (TPSA) is 81.6 Å². The summed E-state index contributed by atoms with van der Waals surface area (Å²) in [5.41, 5.74) is 2.85. The average Bonchev–Trinajstić information content (AvgIpc) is 3.40. The molecule has 1 aromatic heterocycles. The number of piperazine rings is 1. The minimum absolute atomic E-state index is 0.0859. The number of fused-ring (bicyclic) bond motifs is 1. The van der Waals surface area contributed by atoms with Crippen molar-refractivity contribution in [1.29, 1.82) is 0 Å². The van der Waals surface area contributed by atoms with Crippen molar-refractivity contribution in [2.24, 2.45) is 5.92 Å². The van der Waals surface area contributed by atoms with Crippen LogP contribution in [0.15, 0.2) is 24.5 Å². The molecule has 0 bridgehead atoms. The molecule has 0 radical (unpaired) electrons. The molecule has 1 aromatic carbocycles. The highest BCUT2D eigenvalue weighted by molar-refractivity contribution is 6.42. The van der Waals surface area contributed by atoms with Crippen LogP contribution in [0.4, 0.5) is 5.82 Å². The number of rotatable bonds is 3. The third kappa shape index (κ3) is 3.85. The Hall–Kier alpha value is -1.93. The summed E-state index contributed by atoms with van der Waals surface area (Å²) in [4.78, 5) is 26.5. The van der Waals surface area contributed by atoms with E-state index in [2.05, 4.69) is 27.1 Å². The van der Waals surface area contributed by atoms with Gasteiger partial charge in [-0.15, -0.1) is 0 Å². The number of amides is 1. The smallest absolute Gasteiger partial charge is 0.227 e. The summed E-state index contributed by atoms with van der Waals surface area (Å²) in [6.07, 6.45) is 1.71. The van der Waals surface area contributed by atoms with Crippen LogP contribution in [0, 0.1) is 5.92 Å². The summed E-state index contributed by atoms with van der Waals surface area (Å²) < 4.78 is 0. The van der Waals surface area contributed by atoms with E-state index >= 15 is 0 Å². The largest absolute Gasteiger partial charge is 0.387 e. The molecular weight excluding hydrogens is 449 g/mol. The van der Waals surface area contributed by atoms with E-state index in [4.69, 9.17) is 23.2 Å². The first-order valence-corrected chi connectivity index (χ1v) is 11.9. The van der Waals surface area contributed by atoms with E-state index in [0.29, 0.717) is 36.1 Å². The third-order valence-electron chi connectivity index (χ3n) is 7.07. The Morgan fingerprint density at radius 2 is 1.91 bits per heavy atom. The maximum Gasteiger partial charge on any atom is 0.227 e. The zero-order valence-corrected chi connectivity index (χ0v) is 19.5. The number of aliphatic hydroxyl groups is 1. The molecule has 1 aliphatic carbocycles. The van der Waals surface area contributed by atoms with Gasteiger partial charge in [0, 0.05) is 50.7 Å². The van der Waals surface area contributed by atoms with Gasteiger partial charge in [-0.05, 0) is 30.0 Å². The molecule has 5 rings (SSSR count). The maximum absolute atomic E-state index is 13.4. The summed E-state index contributed by atoms with van der Waals surface area (Å²) in [6, 6.07) is 5.65. The van der Waals surface area contributed by atoms with E-state index < -0.39 is 6.10 Å². The fourth-order valence-corrected chi connectivity index (χ4v) is 5.67. The molecule has 2 aliphatic heterocycles. The summed E-state index contributed by atoms with van der Waals surface area (Å²) in [7, 11) is 0. The first-order chi connectivity index (χ1) is 15.4. The van der Waals surface area contributed by atoms with E-state index in [1.54, 1.807) is 12.4 Å². The van der Waals surface area contributed by atoms with Crippen molar-refractivity contribution >= 4 is 34.9 Å². The maximum atomic E-state index is 13.4. The predicted molar refractivity (Wildman–Crippen MR) is 124 cm³/mol. The molecule has 1 unspecified atom stereocenters. The van der Waals surface area contributed by atoms with E-state index in [0.717, 1.165) is 42.3 Å². The van der Waals surface area contributed by atoms with E-state index in [-0.39, 0.29) is 23.7 Å². The molecule has 32 heavy (non-hydrogen) atoms. The molecule has 2 aromatic rings. The van der Waals surface area contributed by atoms with Gasteiger partial charge >= 0.3 is 0 Å². The summed E-state index contributed by atoms with van der Waals surface area (Å²) in [5, 5.41) is 14.7. The number of carbonyl (C=O) groups is 1. The number of hydrogen-bond acceptors (Lipinski definition) is 6. The van der Waals surface area contributed by atoms with Crippen LogP contribution in [0.25, 0.3) is 0 Å². The Labute approximate surface area is 197 Å². The zero-order valence-electron chi connectivity index (χ0n) is 18.0. The van der Waals surface area contributed by atoms with Crippen molar-refractivity contribution < 1.29 is 9.90 Å². The fraction of sp³-hybridized carbons (Fsp3) is 0.522. The molecular formula is C23H27Cl2N5O2. The van der Waals surface area contributed by atoms with Crippen molar-refractivity contribution in [3.05, 3.63) is 51.4 Å². The Morgan fingerprint density at radius 1 is 1.12 bits per heavy atom. The quantitative estimate of drug-likeness (QED) is 0.709. The average molecular weight is 476 g/mol. The van der Waals surface area contributed by atoms with Crippen LogP contribution in [0.2, 0.25) is 10.0 Å². The number of hydrogen-bond donors (Lipinski definition) is 2. The van der Waals surface area contributed by atoms with Crippen LogP contribution in [0.5, 0.6) is 0 Å². The van der Waals surface area contributed by atoms with Gasteiger partial charge in [-0.25, -0.2) is 9.97 Å². The van der Waals surface area contributed by atoms with Crippen molar-refractivity contribution in [2.75, 3.05) is 44.2 Å². The lowest BCUT2D eigenvalue weighted by atomic mass is 9.88. The first kappa shape index (κ1) is 21.9. The summed E-state index contributed by atoms with van der Waals surface area (Å²) >= 11 is 12.3. The first-order valence-electron chi connectivity index (χ1n) is 11.2. The molecule has 170 valence electrons. The normalized spacial score (nSPS) is 27.6. The van der Waals surface area contributed by atoms with Crippen LogP contribution in [-0.4, -0.2) is 65.2 Å². The zero-order chi connectivity index (χ0) is 22.4. The van der Waals surface area contributed by atoms with E-state index in [1.807, 2.05) is 17.0 Å². The standard InChI is InChI=1S/C23H27Cl2N5O2/c1-13-8-19(31)21-20(13)22(28-12-27-21)29-4-6-30(7-5-29)23(32)16-11-26-10-15(16)14-2-3-17(24)18(25)9-14/h2-3,9,12-13,15-16,19,26,31H,4-8,10-11H2,1H3/t13-,15+,16?,19-/m1/s1. The highest BCUT2D eigenvalue weighted by Crippen LogP contribution is 2.43. The number of carbonyl (C=O) groups excluding carboxylic acids is 1. The second-order valence-corrected chi connectivity index (χ2v) is 9.82. The number of anilines is 1. The Balaban J connectivity index is 1.28. The fourth-order valence-electron chi connectivity index (χ4n) is 5.36. The van der Waals surface area contributed by atoms with Gasteiger partial charge in [-0.2, -0.15) is 0 Å². The van der Waals surface area contributed by atoms with Crippen LogP contribution < -0.4 is 10.2 Å². The van der Waals surface area contributed by atoms with Crippen molar-refractivity contribution in [3.63, 3.8) is 0 Å². The summed E-state index contributed by atoms with van der Waals surface area (Å²) in [6.45, 7) is 6.27. The van der Waals surface area contributed by atoms with Crippen molar-refractivity contribution in [1.82, 2.24) is 20.2 Å². The van der Waals surface area contributed by atoms with Crippen LogP contribution in [0.1, 0.15) is 48.1 Å². The number of halogens is 2. The van der Waals surface area contributed by atoms with Crippen LogP contribution >= 0.6 is 23.2 Å². The molecule has 3 heterocycles. The van der Waals surface area contributed by atoms with Crippen LogP contribution in [0.3, 0.4) is 0 Å². The second-order valence-electron chi connectivity index (χ2n) is 9.01. The molecule has 1 amide bonds. The molecule has 7 nitrogen and oxygen atoms in total. The van der Waals surface area contributed by atoms with Gasteiger partial charge in [-0.3, -0.25) is 4.79 Å². The van der Waals surface area contributed by atoms with Gasteiger partial charge in [-0.1, -0.05) is 36.2 Å². The lowest BCUT2D eigenvalue weighted by Crippen LogP contribution is -2.51. The number of aliphatic hydroxyl groups excluding tert-OH is 1. The van der Waals surface area contributed by atoms with Crippen molar-refractivity contribution in [3.8, 4) is 0 Å². The highest BCUT2D eigenvalue weighted by atomic mass is 35.5. The Kier molecular flexibility index (Phi) is 6.01. The molecule has 4 atom stereocenters. The lowest BCUT2D eigenvalue weighted by molar-refractivity contribution is -0.135. The van der Waals surface area contributed by atoms with Gasteiger partial charge in [0.1, 0.15) is 12.1 Å². The molecule has 3 aliphatic rings. The van der Waals surface area contributed by atoms with Crippen LogP contribution in [-0.2, 0) is 4.79 Å². The monoisotopic (exact) mass is 475 g/mol. The molecule has 2 fully saturated rings. The minimum atomic E-state index is -0.516. The molecule has 2 N–H and O–H groups in total. The number of aromatic nitrogens is 2. The van der Waals surface area contributed by atoms with Crippen molar-refractivity contribution in [2.45, 2.75) is 31.3 Å². The number of nitrogens with one attached hydrogen (secondary N) is 1. The van der Waals surface area contributed by atoms with Gasteiger partial charge in [0.25, 0.3) is 0 Å². The van der Waals surface area contributed by atoms with E-state index in [9.17, 15) is 9.90 Å². The number of benzene rings is 1. The Morgan fingerprint density at radius 3 is 2.66 bits per heavy atom. The molecule has 0 spiro atoms. The number of nitrogens with zero attached hydrogens (tertiary/aromatic N) is 4. The van der Waals surface area contributed by atoms with Gasteiger partial charge in [0.2, 0.25) is 5.91 Å². The van der Waals surface area contributed by atoms with Gasteiger partial charge in [0.05, 0.1) is 27.8 Å². The third-order valence-corrected chi connectivity index (χ3v) is 7.81. The molecule has 9 heteroatoms. The SMILES string of the molecule is C[C@@H]1C[C@@H](O)c2ncnc(N3CCN(C(=O)C4CNC[C@H]4c4ccc(Cl)c(Cl)c4)CC3)c21. The predicted octanol–water partition coefficient (Wildman–Crippen LogP) is 2.98. The Bertz CT molecular complexity index is 1030. The van der Waals surface area contributed by atoms with E-state index in [1.165, 1.54) is 0 Å². The highest BCUT2D eigenvalue weighted by Gasteiger charge is 2.38. The lowest BCUT2D eigenvalue weighted by Gasteiger charge is -2.38. The van der Waals surface area contributed by atoms with Gasteiger partial charge < -0.3 is 20.2 Å². The molecule has 2 saturated heterocycles. The summed E-state index contributed by atoms with van der Waals surface area (Å²) in [5.74, 6) is 1.29. The second kappa shape index (κ2) is 8.78. The van der Waals surface area contributed by atoms with Gasteiger partial charge in [0.15, 0.2) is 0 Å². The molecule has 0 saturated carbocycles.